The summed E-state index contributed by atoms with van der Waals surface area (Å²) >= 11 is 25.3. The summed E-state index contributed by atoms with van der Waals surface area (Å²) in [6.45, 7) is 0.918. The summed E-state index contributed by atoms with van der Waals surface area (Å²) in [6.07, 6.45) is 0.484. The van der Waals surface area contributed by atoms with E-state index in [4.69, 9.17) is 51.1 Å². The van der Waals surface area contributed by atoms with Crippen LogP contribution in [0.2, 0.25) is 20.1 Å². The molecule has 4 nitrogen and oxygen atoms in total. The Labute approximate surface area is 176 Å². The van der Waals surface area contributed by atoms with Crippen molar-refractivity contribution in [2.24, 2.45) is 0 Å². The van der Waals surface area contributed by atoms with Gasteiger partial charge >= 0.3 is 0 Å². The van der Waals surface area contributed by atoms with Crippen molar-refractivity contribution < 1.29 is 14.6 Å². The molecular weight excluding hydrogens is 432 g/mol. The van der Waals surface area contributed by atoms with Crippen LogP contribution >= 0.6 is 46.4 Å². The maximum atomic E-state index is 13.2. The highest BCUT2D eigenvalue weighted by atomic mass is 35.5. The minimum Gasteiger partial charge on any atom is -0.380 e. The Morgan fingerprint density at radius 1 is 1.00 bits per heavy atom. The third-order valence-electron chi connectivity index (χ3n) is 5.20. The van der Waals surface area contributed by atoms with Crippen LogP contribution in [0, 0.1) is 0 Å². The summed E-state index contributed by atoms with van der Waals surface area (Å²) in [4.78, 5) is 14.5. The molecule has 0 bridgehead atoms. The van der Waals surface area contributed by atoms with Gasteiger partial charge in [-0.2, -0.15) is 0 Å². The Bertz CT molecular complexity index is 921. The van der Waals surface area contributed by atoms with Crippen LogP contribution in [0.1, 0.15) is 33.8 Å². The lowest BCUT2D eigenvalue weighted by atomic mass is 9.81. The maximum Gasteiger partial charge on any atom is 0.258 e. The third kappa shape index (κ3) is 2.78. The molecule has 0 radical (unpaired) electrons. The van der Waals surface area contributed by atoms with Gasteiger partial charge in [0.1, 0.15) is 0 Å². The number of hydrogen-bond donors (Lipinski definition) is 1. The van der Waals surface area contributed by atoms with E-state index < -0.39 is 17.6 Å². The second-order valence-electron chi connectivity index (χ2n) is 6.55. The first-order valence-electron chi connectivity index (χ1n) is 8.42. The fourth-order valence-corrected chi connectivity index (χ4v) is 5.05. The normalized spacial score (nSPS) is 25.0. The zero-order valence-corrected chi connectivity index (χ0v) is 17.0. The van der Waals surface area contributed by atoms with Crippen molar-refractivity contribution in [1.82, 2.24) is 4.90 Å². The van der Waals surface area contributed by atoms with Gasteiger partial charge in [-0.1, -0.05) is 76.7 Å². The second-order valence-corrected chi connectivity index (χ2v) is 8.07. The summed E-state index contributed by atoms with van der Waals surface area (Å²) in [5.41, 5.74) is -0.535. The maximum absolute atomic E-state index is 13.2. The first-order valence-corrected chi connectivity index (χ1v) is 9.93. The number of fused-ring (bicyclic) bond motifs is 3. The Hall–Kier alpha value is -1.01. The van der Waals surface area contributed by atoms with Crippen LogP contribution in [0.15, 0.2) is 30.3 Å². The predicted molar refractivity (Wildman–Crippen MR) is 106 cm³/mol. The molecule has 2 aromatic carbocycles. The molecular formula is C19H15Cl4NO3. The smallest absolute Gasteiger partial charge is 0.258 e. The number of carbonyl (C=O) groups excluding carboxylic acids is 1. The third-order valence-corrected chi connectivity index (χ3v) is 7.01. The lowest BCUT2D eigenvalue weighted by Gasteiger charge is -2.42. The fourth-order valence-electron chi connectivity index (χ4n) is 3.98. The second kappa shape index (κ2) is 7.11. The Kier molecular flexibility index (Phi) is 5.08. The number of aliphatic hydroxyl groups is 1. The predicted octanol–water partition coefficient (Wildman–Crippen LogP) is 5.11. The van der Waals surface area contributed by atoms with E-state index in [1.165, 1.54) is 4.90 Å². The zero-order valence-electron chi connectivity index (χ0n) is 14.0. The van der Waals surface area contributed by atoms with Gasteiger partial charge in [-0.25, -0.2) is 0 Å². The molecule has 27 heavy (non-hydrogen) atoms. The first kappa shape index (κ1) is 19.3. The van der Waals surface area contributed by atoms with Crippen LogP contribution in [0.5, 0.6) is 0 Å². The monoisotopic (exact) mass is 445 g/mol. The lowest BCUT2D eigenvalue weighted by Crippen LogP contribution is -2.51. The van der Waals surface area contributed by atoms with E-state index in [2.05, 4.69) is 0 Å². The first-order chi connectivity index (χ1) is 12.9. The molecule has 0 spiro atoms. The molecule has 0 aliphatic carbocycles. The molecule has 2 aliphatic heterocycles. The van der Waals surface area contributed by atoms with Crippen LogP contribution in [0.25, 0.3) is 0 Å². The van der Waals surface area contributed by atoms with Gasteiger partial charge in [-0.05, 0) is 12.0 Å². The van der Waals surface area contributed by atoms with Crippen LogP contribution < -0.4 is 0 Å². The number of amides is 1. The summed E-state index contributed by atoms with van der Waals surface area (Å²) < 4.78 is 5.61. The minimum absolute atomic E-state index is 0.000955. The Morgan fingerprint density at radius 3 is 2.37 bits per heavy atom. The molecule has 1 fully saturated rings. The minimum atomic E-state index is -1.70. The van der Waals surface area contributed by atoms with Crippen LogP contribution in [-0.2, 0) is 10.5 Å². The standard InChI is InChI=1S/C19H15Cl4NO3/c20-14-12-13(15(21)17(23)16(14)22)19(26)11(10-4-2-1-3-5-10)6-8-27-9-7-24(19)18(12)25/h1-5,11,26H,6-9H2. The summed E-state index contributed by atoms with van der Waals surface area (Å²) in [7, 11) is 0. The van der Waals surface area contributed by atoms with Crippen molar-refractivity contribution in [1.29, 1.82) is 0 Å². The largest absolute Gasteiger partial charge is 0.380 e. The number of carbonyl (C=O) groups is 1. The van der Waals surface area contributed by atoms with Gasteiger partial charge < -0.3 is 14.7 Å². The van der Waals surface area contributed by atoms with E-state index in [-0.39, 0.29) is 37.8 Å². The van der Waals surface area contributed by atoms with Crippen molar-refractivity contribution in [3.05, 3.63) is 67.1 Å². The van der Waals surface area contributed by atoms with Gasteiger partial charge in [-0.3, -0.25) is 4.79 Å². The van der Waals surface area contributed by atoms with E-state index in [9.17, 15) is 9.90 Å². The van der Waals surface area contributed by atoms with Crippen molar-refractivity contribution in [2.45, 2.75) is 18.1 Å². The fraction of sp³-hybridized carbons (Fsp3) is 0.316. The average molecular weight is 447 g/mol. The van der Waals surface area contributed by atoms with E-state index in [0.717, 1.165) is 5.56 Å². The molecule has 142 valence electrons. The number of benzene rings is 2. The highest BCUT2D eigenvalue weighted by Crippen LogP contribution is 2.55. The molecule has 1 amide bonds. The van der Waals surface area contributed by atoms with Gasteiger partial charge in [0.2, 0.25) is 0 Å². The molecule has 2 aliphatic rings. The molecule has 8 heteroatoms. The van der Waals surface area contributed by atoms with Gasteiger partial charge in [0, 0.05) is 24.6 Å². The highest BCUT2D eigenvalue weighted by molar-refractivity contribution is 6.53. The van der Waals surface area contributed by atoms with E-state index in [0.29, 0.717) is 19.6 Å². The van der Waals surface area contributed by atoms with E-state index in [1.807, 2.05) is 30.3 Å². The molecule has 0 saturated carbocycles. The number of rotatable bonds is 1. The van der Waals surface area contributed by atoms with Gasteiger partial charge in [0.15, 0.2) is 5.72 Å². The molecule has 2 aromatic rings. The Morgan fingerprint density at radius 2 is 1.67 bits per heavy atom. The molecule has 1 N–H and O–H groups in total. The molecule has 2 unspecified atom stereocenters. The van der Waals surface area contributed by atoms with Crippen LogP contribution in [0.4, 0.5) is 0 Å². The van der Waals surface area contributed by atoms with Gasteiger partial charge in [-0.15, -0.1) is 0 Å². The molecule has 2 atom stereocenters. The number of nitrogens with zero attached hydrogens (tertiary/aromatic N) is 1. The number of hydrogen-bond acceptors (Lipinski definition) is 3. The summed E-state index contributed by atoms with van der Waals surface area (Å²) in [6, 6.07) is 9.45. The van der Waals surface area contributed by atoms with Crippen molar-refractivity contribution >= 4 is 52.3 Å². The quantitative estimate of drug-likeness (QED) is 0.489. The highest BCUT2D eigenvalue weighted by Gasteiger charge is 2.56. The number of ether oxygens (including phenoxy) is 1. The Balaban J connectivity index is 2.03. The topological polar surface area (TPSA) is 49.8 Å². The van der Waals surface area contributed by atoms with Crippen molar-refractivity contribution in [2.75, 3.05) is 19.8 Å². The zero-order chi connectivity index (χ0) is 19.3. The van der Waals surface area contributed by atoms with Gasteiger partial charge in [0.25, 0.3) is 5.91 Å². The van der Waals surface area contributed by atoms with Gasteiger partial charge in [0.05, 0.1) is 32.3 Å². The molecule has 1 saturated heterocycles. The summed E-state index contributed by atoms with van der Waals surface area (Å²) in [5.74, 6) is -0.917. The van der Waals surface area contributed by atoms with E-state index >= 15 is 0 Å². The van der Waals surface area contributed by atoms with Crippen molar-refractivity contribution in [3.8, 4) is 0 Å². The SMILES string of the molecule is O=C1c2c(Cl)c(Cl)c(Cl)c(Cl)c2C2(O)C(c3ccccc3)CCOCCN12. The molecule has 0 aromatic heterocycles. The lowest BCUT2D eigenvalue weighted by molar-refractivity contribution is -0.127. The number of halogens is 4. The molecule has 2 heterocycles. The summed E-state index contributed by atoms with van der Waals surface area (Å²) in [5, 5.41) is 12.0. The van der Waals surface area contributed by atoms with Crippen molar-refractivity contribution in [3.63, 3.8) is 0 Å². The van der Waals surface area contributed by atoms with Crippen LogP contribution in [-0.4, -0.2) is 35.7 Å². The van der Waals surface area contributed by atoms with E-state index in [1.54, 1.807) is 0 Å². The molecule has 4 rings (SSSR count). The average Bonchev–Trinajstić information content (AvgIpc) is 2.87. The van der Waals surface area contributed by atoms with Crippen LogP contribution in [0.3, 0.4) is 0 Å².